The topological polar surface area (TPSA) is 92.8 Å². The quantitative estimate of drug-likeness (QED) is 0.302. The number of nitrogens with zero attached hydrogens (tertiary/aromatic N) is 1. The Bertz CT molecular complexity index is 1130. The number of carbonyl (C=O) groups excluding carboxylic acids is 3. The van der Waals surface area contributed by atoms with Crippen molar-refractivity contribution in [3.8, 4) is 0 Å². The van der Waals surface area contributed by atoms with Crippen molar-refractivity contribution < 1.29 is 23.3 Å². The van der Waals surface area contributed by atoms with Gasteiger partial charge < -0.3 is 10.1 Å². The smallest absolute Gasteiger partial charge is 0.356 e. The molecule has 2 aromatic carbocycles. The fraction of sp³-hybridized carbons (Fsp3) is 0.174. The summed E-state index contributed by atoms with van der Waals surface area (Å²) < 4.78 is 19.3. The third-order valence-electron chi connectivity index (χ3n) is 5.31. The second-order valence-corrected chi connectivity index (χ2v) is 11.6. The van der Waals surface area contributed by atoms with E-state index in [2.05, 4.69) is 37.2 Å². The normalized spacial score (nSPS) is 21.7. The molecule has 1 N–H and O–H groups in total. The molecule has 0 radical (unpaired) electrons. The first kappa shape index (κ1) is 23.6. The lowest BCUT2D eigenvalue weighted by Gasteiger charge is -2.48. The van der Waals surface area contributed by atoms with Crippen LogP contribution in [0.5, 0.6) is 0 Å². The molecule has 10 heteroatoms. The molecular weight excluding hydrogens is 576 g/mol. The molecule has 0 saturated carbocycles. The van der Waals surface area contributed by atoms with Crippen molar-refractivity contribution in [2.75, 3.05) is 5.75 Å². The first-order valence-corrected chi connectivity index (χ1v) is 12.9. The van der Waals surface area contributed by atoms with Gasteiger partial charge in [0.25, 0.3) is 5.91 Å². The highest BCUT2D eigenvalue weighted by Gasteiger charge is 2.56. The van der Waals surface area contributed by atoms with Gasteiger partial charge in [-0.3, -0.25) is 18.7 Å². The Morgan fingerprint density at radius 1 is 1.09 bits per heavy atom. The van der Waals surface area contributed by atoms with Crippen molar-refractivity contribution >= 4 is 60.9 Å². The van der Waals surface area contributed by atoms with E-state index in [1.54, 1.807) is 6.08 Å². The van der Waals surface area contributed by atoms with E-state index < -0.39 is 40.2 Å². The number of β-lactam (4-membered cyclic amide) rings is 1. The zero-order valence-corrected chi connectivity index (χ0v) is 21.0. The molecule has 0 aliphatic carbocycles. The summed E-state index contributed by atoms with van der Waals surface area (Å²) in [5, 5.41) is 1.57. The van der Waals surface area contributed by atoms with Crippen LogP contribution in [-0.2, 0) is 29.9 Å². The maximum atomic E-state index is 13.5. The largest absolute Gasteiger partial charge is 0.448 e. The van der Waals surface area contributed by atoms with E-state index in [-0.39, 0.29) is 11.4 Å². The Morgan fingerprint density at radius 3 is 2.18 bits per heavy atom. The second-order valence-electron chi connectivity index (χ2n) is 7.30. The van der Waals surface area contributed by atoms with Crippen LogP contribution in [0.4, 0.5) is 0 Å². The van der Waals surface area contributed by atoms with Gasteiger partial charge in [0.1, 0.15) is 17.1 Å². The summed E-state index contributed by atoms with van der Waals surface area (Å²) in [6.07, 6.45) is 1.26. The summed E-state index contributed by atoms with van der Waals surface area (Å²) in [5.74, 6) is -1.21. The van der Waals surface area contributed by atoms with Crippen LogP contribution in [0.2, 0.25) is 0 Å². The molecule has 2 amide bonds. The lowest BCUT2D eigenvalue weighted by Crippen LogP contribution is -2.72. The van der Waals surface area contributed by atoms with Crippen molar-refractivity contribution in [1.29, 1.82) is 0 Å². The van der Waals surface area contributed by atoms with Gasteiger partial charge in [-0.15, -0.1) is 0 Å². The van der Waals surface area contributed by atoms with Crippen LogP contribution in [0.25, 0.3) is 0 Å². The van der Waals surface area contributed by atoms with Gasteiger partial charge in [0.15, 0.2) is 6.10 Å². The SMILES string of the molecule is O=CNC1C(=O)N2C(C(=O)OC(c3ccccc3)c3ccccc3)=C(C=C(Br)Br)CS(=O)[C@H]12. The van der Waals surface area contributed by atoms with E-state index in [0.29, 0.717) is 15.4 Å². The van der Waals surface area contributed by atoms with E-state index >= 15 is 0 Å². The Balaban J connectivity index is 1.74. The average Bonchev–Trinajstić information content (AvgIpc) is 2.81. The van der Waals surface area contributed by atoms with Crippen molar-refractivity contribution in [3.63, 3.8) is 0 Å². The Morgan fingerprint density at radius 2 is 1.67 bits per heavy atom. The molecule has 2 aliphatic heterocycles. The number of esters is 1. The summed E-state index contributed by atoms with van der Waals surface area (Å²) in [7, 11) is -1.52. The lowest BCUT2D eigenvalue weighted by molar-refractivity contribution is -0.154. The molecule has 0 spiro atoms. The van der Waals surface area contributed by atoms with E-state index in [4.69, 9.17) is 4.74 Å². The molecule has 2 unspecified atom stereocenters. The van der Waals surface area contributed by atoms with Crippen molar-refractivity contribution in [1.82, 2.24) is 10.2 Å². The van der Waals surface area contributed by atoms with E-state index in [9.17, 15) is 18.6 Å². The number of halogens is 2. The summed E-state index contributed by atoms with van der Waals surface area (Å²) in [4.78, 5) is 38.4. The number of ether oxygens (including phenoxy) is 1. The average molecular weight is 594 g/mol. The van der Waals surface area contributed by atoms with Crippen molar-refractivity contribution in [2.24, 2.45) is 0 Å². The van der Waals surface area contributed by atoms with Gasteiger partial charge in [-0.1, -0.05) is 60.7 Å². The Labute approximate surface area is 209 Å². The van der Waals surface area contributed by atoms with Gasteiger partial charge in [-0.25, -0.2) is 4.79 Å². The number of carbonyl (C=O) groups is 3. The van der Waals surface area contributed by atoms with Gasteiger partial charge in [0.05, 0.1) is 19.9 Å². The highest BCUT2D eigenvalue weighted by Crippen LogP contribution is 2.38. The van der Waals surface area contributed by atoms with Crippen LogP contribution in [-0.4, -0.2) is 44.6 Å². The summed E-state index contributed by atoms with van der Waals surface area (Å²) in [5.41, 5.74) is 1.93. The van der Waals surface area contributed by atoms with E-state index in [0.717, 1.165) is 11.1 Å². The molecule has 2 heterocycles. The molecule has 170 valence electrons. The van der Waals surface area contributed by atoms with Crippen LogP contribution < -0.4 is 5.32 Å². The standard InChI is InChI=1S/C23H18Br2N2O5S/c24-17(25)11-16-12-33(31)22-18(26-13-28)21(29)27(22)19(16)23(30)32-20(14-7-3-1-4-8-14)15-9-5-2-6-10-15/h1-11,13,18,20,22H,12H2,(H,26,28)/t18?,22-,33?/m1/s1. The molecular formula is C23H18Br2N2O5S. The predicted molar refractivity (Wildman–Crippen MR) is 130 cm³/mol. The van der Waals surface area contributed by atoms with Crippen LogP contribution in [0, 0.1) is 0 Å². The molecule has 0 aromatic heterocycles. The minimum atomic E-state index is -1.52. The number of fused-ring (bicyclic) bond motifs is 1. The predicted octanol–water partition coefficient (Wildman–Crippen LogP) is 3.25. The molecule has 0 bridgehead atoms. The van der Waals surface area contributed by atoms with E-state index in [1.165, 1.54) is 4.90 Å². The first-order chi connectivity index (χ1) is 15.9. The molecule has 2 aromatic rings. The molecule has 2 aliphatic rings. The molecule has 1 fully saturated rings. The van der Waals surface area contributed by atoms with Crippen molar-refractivity contribution in [3.05, 3.63) is 92.5 Å². The number of allylic oxidation sites excluding steroid dienone is 1. The fourth-order valence-electron chi connectivity index (χ4n) is 3.88. The number of hydrogen-bond donors (Lipinski definition) is 1. The van der Waals surface area contributed by atoms with Gasteiger partial charge in [0, 0.05) is 0 Å². The zero-order chi connectivity index (χ0) is 23.5. The third-order valence-corrected chi connectivity index (χ3v) is 7.38. The first-order valence-electron chi connectivity index (χ1n) is 9.89. The number of nitrogens with one attached hydrogen (secondary N) is 1. The minimum absolute atomic E-state index is 0.0156. The van der Waals surface area contributed by atoms with Crippen LogP contribution in [0.1, 0.15) is 17.2 Å². The maximum absolute atomic E-state index is 13.5. The number of hydrogen-bond acceptors (Lipinski definition) is 5. The summed E-state index contributed by atoms with van der Waals surface area (Å²) in [6, 6.07) is 17.6. The number of benzene rings is 2. The van der Waals surface area contributed by atoms with Crippen LogP contribution >= 0.6 is 31.9 Å². The third kappa shape index (κ3) is 4.73. The highest BCUT2D eigenvalue weighted by molar-refractivity contribution is 9.28. The summed E-state index contributed by atoms with van der Waals surface area (Å²) >= 11 is 6.53. The monoisotopic (exact) mass is 592 g/mol. The fourth-order valence-corrected chi connectivity index (χ4v) is 6.07. The van der Waals surface area contributed by atoms with Gasteiger partial charge in [-0.05, 0) is 54.6 Å². The minimum Gasteiger partial charge on any atom is -0.448 e. The van der Waals surface area contributed by atoms with Gasteiger partial charge in [0.2, 0.25) is 6.41 Å². The molecule has 7 nitrogen and oxygen atoms in total. The number of rotatable bonds is 7. The molecule has 3 atom stereocenters. The molecule has 33 heavy (non-hydrogen) atoms. The zero-order valence-electron chi connectivity index (χ0n) is 17.0. The van der Waals surface area contributed by atoms with Crippen molar-refractivity contribution in [2.45, 2.75) is 17.5 Å². The van der Waals surface area contributed by atoms with Gasteiger partial charge in [-0.2, -0.15) is 0 Å². The maximum Gasteiger partial charge on any atom is 0.356 e. The molecule has 4 rings (SSSR count). The van der Waals surface area contributed by atoms with E-state index in [1.807, 2.05) is 60.7 Å². The molecule has 1 saturated heterocycles. The lowest BCUT2D eigenvalue weighted by atomic mass is 10.0. The van der Waals surface area contributed by atoms with Crippen LogP contribution in [0.3, 0.4) is 0 Å². The summed E-state index contributed by atoms with van der Waals surface area (Å²) in [6.45, 7) is 0. The second kappa shape index (κ2) is 10.1. The van der Waals surface area contributed by atoms with Crippen LogP contribution in [0.15, 0.2) is 81.4 Å². The highest BCUT2D eigenvalue weighted by atomic mass is 79.9. The van der Waals surface area contributed by atoms with Gasteiger partial charge >= 0.3 is 5.97 Å². The Hall–Kier alpha value is -2.56. The number of amides is 2. The Kier molecular flexibility index (Phi) is 7.26.